The van der Waals surface area contributed by atoms with Crippen LogP contribution in [0, 0.1) is 0 Å². The molecule has 2 N–H and O–H groups in total. The van der Waals surface area contributed by atoms with Gasteiger partial charge in [-0.15, -0.1) is 0 Å². The molecule has 0 radical (unpaired) electrons. The van der Waals surface area contributed by atoms with Crippen LogP contribution in [0.25, 0.3) is 88.1 Å². The van der Waals surface area contributed by atoms with Crippen molar-refractivity contribution in [2.24, 2.45) is 0 Å². The molecule has 340 valence electrons. The first kappa shape index (κ1) is 52.4. The standard InChI is InChI=1S/2C24H16N2O6S2.2Na/c2*27-33(28,29)17-5-1-15(2-6-17)19-11-13-25-23-21(19)9-10-22-20(12-14-26-24(22)23)16-3-7-18(8-4-16)34(30,31)32;;/h2*1-14H,(H,27,28,29)(H,30,31,32);;/q;;2*+1/p-2. The Bertz CT molecular complexity index is 3580. The number of benzene rings is 6. The van der Waals surface area contributed by atoms with E-state index in [2.05, 4.69) is 19.9 Å². The summed E-state index contributed by atoms with van der Waals surface area (Å²) < 4.78 is 131. The number of hydrogen-bond acceptors (Lipinski definition) is 14. The van der Waals surface area contributed by atoms with Gasteiger partial charge in [0.05, 0.1) is 41.6 Å². The Morgan fingerprint density at radius 2 is 0.500 bits per heavy atom. The SMILES string of the molecule is O=S(=O)([O-])c1ccc(-c2ccnc3c2ccc2c(-c4ccc(S(=O)(=O)O)cc4)ccnc23)cc1.O=S(=O)([O-])c1ccc(-c2ccnc3c2ccc2c(-c4ccc(S(=O)(=O)O)cc4)ccnc23)cc1.[Na+].[Na+]. The fourth-order valence-electron chi connectivity index (χ4n) is 7.88. The summed E-state index contributed by atoms with van der Waals surface area (Å²) >= 11 is 0. The Morgan fingerprint density at radius 1 is 0.300 bits per heavy atom. The minimum Gasteiger partial charge on any atom is -0.744 e. The van der Waals surface area contributed by atoms with E-state index in [9.17, 15) is 51.9 Å². The molecule has 0 fully saturated rings. The maximum absolute atomic E-state index is 11.3. The van der Waals surface area contributed by atoms with E-state index < -0.39 is 40.5 Å². The van der Waals surface area contributed by atoms with Crippen LogP contribution in [0.1, 0.15) is 0 Å². The topological polar surface area (TPSA) is 275 Å². The van der Waals surface area contributed by atoms with Crippen LogP contribution >= 0.6 is 0 Å². The summed E-state index contributed by atoms with van der Waals surface area (Å²) in [4.78, 5) is 17.1. The second-order valence-electron chi connectivity index (χ2n) is 15.1. The summed E-state index contributed by atoms with van der Waals surface area (Å²) in [7, 11) is -17.6. The summed E-state index contributed by atoms with van der Waals surface area (Å²) in [5.41, 5.74) is 8.67. The van der Waals surface area contributed by atoms with E-state index in [1.807, 2.05) is 36.4 Å². The van der Waals surface area contributed by atoms with Crippen molar-refractivity contribution in [3.63, 3.8) is 0 Å². The van der Waals surface area contributed by atoms with Gasteiger partial charge in [0.25, 0.3) is 20.2 Å². The minimum absolute atomic E-state index is 0. The van der Waals surface area contributed by atoms with Crippen molar-refractivity contribution in [1.29, 1.82) is 0 Å². The third-order valence-corrected chi connectivity index (χ3v) is 14.5. The van der Waals surface area contributed by atoms with Gasteiger partial charge in [-0.1, -0.05) is 72.8 Å². The number of nitrogens with zero attached hydrogens (tertiary/aromatic N) is 4. The van der Waals surface area contributed by atoms with Crippen molar-refractivity contribution in [3.05, 3.63) is 170 Å². The maximum atomic E-state index is 11.3. The molecule has 0 bridgehead atoms. The number of hydrogen-bond donors (Lipinski definition) is 2. The van der Waals surface area contributed by atoms with Crippen LogP contribution in [0.2, 0.25) is 0 Å². The first-order valence-electron chi connectivity index (χ1n) is 19.9. The molecule has 22 heteroatoms. The zero-order valence-corrected chi connectivity index (χ0v) is 43.8. The Labute approximate surface area is 445 Å². The van der Waals surface area contributed by atoms with E-state index in [-0.39, 0.29) is 78.7 Å². The van der Waals surface area contributed by atoms with Gasteiger partial charge in [-0.25, -0.2) is 16.8 Å². The molecule has 0 amide bonds. The average molecular weight is 1030 g/mol. The van der Waals surface area contributed by atoms with Crippen LogP contribution in [0.4, 0.5) is 0 Å². The molecule has 6 aromatic carbocycles. The van der Waals surface area contributed by atoms with E-state index in [1.54, 1.807) is 85.5 Å². The molecule has 0 saturated carbocycles. The number of pyridine rings is 4. The number of aromatic nitrogens is 4. The molecular weight excluding hydrogens is 999 g/mol. The summed E-state index contributed by atoms with van der Waals surface area (Å²) in [6.07, 6.45) is 6.53. The van der Waals surface area contributed by atoms with Crippen molar-refractivity contribution in [3.8, 4) is 44.5 Å². The molecule has 16 nitrogen and oxygen atoms in total. The van der Waals surface area contributed by atoms with Crippen LogP contribution in [0.5, 0.6) is 0 Å². The molecule has 4 aromatic heterocycles. The average Bonchev–Trinajstić information content (AvgIpc) is 3.32. The third kappa shape index (κ3) is 10.8. The zero-order chi connectivity index (χ0) is 48.2. The maximum Gasteiger partial charge on any atom is 1.00 e. The van der Waals surface area contributed by atoms with Gasteiger partial charge in [0.1, 0.15) is 20.2 Å². The molecule has 0 saturated heterocycles. The van der Waals surface area contributed by atoms with Gasteiger partial charge in [0.15, 0.2) is 0 Å². The van der Waals surface area contributed by atoms with Gasteiger partial charge in [-0.2, -0.15) is 16.8 Å². The van der Waals surface area contributed by atoms with Crippen molar-refractivity contribution in [2.75, 3.05) is 0 Å². The third-order valence-electron chi connectivity index (χ3n) is 11.1. The van der Waals surface area contributed by atoms with Crippen molar-refractivity contribution in [2.45, 2.75) is 19.6 Å². The quantitative estimate of drug-likeness (QED) is 0.126. The first-order valence-corrected chi connectivity index (χ1v) is 25.6. The van der Waals surface area contributed by atoms with Crippen molar-refractivity contribution < 1.29 is 111 Å². The van der Waals surface area contributed by atoms with Gasteiger partial charge >= 0.3 is 59.1 Å². The Balaban J connectivity index is 0.000000201. The van der Waals surface area contributed by atoms with Crippen molar-refractivity contribution >= 4 is 84.1 Å². The van der Waals surface area contributed by atoms with Gasteiger partial charge in [0.2, 0.25) is 0 Å². The molecule has 4 heterocycles. The van der Waals surface area contributed by atoms with Crippen LogP contribution in [0.3, 0.4) is 0 Å². The summed E-state index contributed by atoms with van der Waals surface area (Å²) in [6, 6.07) is 37.9. The first-order chi connectivity index (χ1) is 32.3. The van der Waals surface area contributed by atoms with E-state index in [4.69, 9.17) is 0 Å². The van der Waals surface area contributed by atoms with Crippen LogP contribution < -0.4 is 59.1 Å². The molecule has 0 atom stereocenters. The van der Waals surface area contributed by atoms with Crippen LogP contribution in [-0.2, 0) is 40.5 Å². The summed E-state index contributed by atoms with van der Waals surface area (Å²) in [6.45, 7) is 0. The Kier molecular flexibility index (Phi) is 15.3. The second kappa shape index (κ2) is 20.4. The largest absolute Gasteiger partial charge is 1.00 e. The normalized spacial score (nSPS) is 11.9. The van der Waals surface area contributed by atoms with Gasteiger partial charge in [0, 0.05) is 46.3 Å². The predicted octanol–water partition coefficient (Wildman–Crippen LogP) is 2.54. The molecule has 70 heavy (non-hydrogen) atoms. The fourth-order valence-corrected chi connectivity index (χ4v) is 9.78. The van der Waals surface area contributed by atoms with E-state index in [0.29, 0.717) is 22.1 Å². The minimum atomic E-state index is -4.53. The number of fused-ring (bicyclic) bond motifs is 6. The smallest absolute Gasteiger partial charge is 0.744 e. The molecule has 10 rings (SSSR count). The molecule has 10 aromatic rings. The number of rotatable bonds is 8. The summed E-state index contributed by atoms with van der Waals surface area (Å²) in [5, 5.41) is 3.18. The second-order valence-corrected chi connectivity index (χ2v) is 20.7. The Morgan fingerprint density at radius 3 is 0.686 bits per heavy atom. The van der Waals surface area contributed by atoms with E-state index in [0.717, 1.165) is 66.1 Å². The van der Waals surface area contributed by atoms with Crippen LogP contribution in [-0.4, -0.2) is 71.8 Å². The van der Waals surface area contributed by atoms with E-state index >= 15 is 0 Å². The van der Waals surface area contributed by atoms with Gasteiger partial charge < -0.3 is 9.11 Å². The fraction of sp³-hybridized carbons (Fsp3) is 0. The molecule has 0 unspecified atom stereocenters. The molecular formula is C48H30N4Na2O12S4. The van der Waals surface area contributed by atoms with Gasteiger partial charge in [-0.05, 0) is 117 Å². The molecule has 0 spiro atoms. The van der Waals surface area contributed by atoms with Crippen LogP contribution in [0.15, 0.2) is 190 Å². The van der Waals surface area contributed by atoms with Gasteiger partial charge in [-0.3, -0.25) is 29.0 Å². The molecule has 0 aliphatic rings. The monoisotopic (exact) mass is 1030 g/mol. The molecule has 0 aliphatic heterocycles. The summed E-state index contributed by atoms with van der Waals surface area (Å²) in [5.74, 6) is 0. The Hall–Kier alpha value is -5.40. The predicted molar refractivity (Wildman–Crippen MR) is 251 cm³/mol. The molecule has 0 aliphatic carbocycles. The van der Waals surface area contributed by atoms with Crippen molar-refractivity contribution in [1.82, 2.24) is 19.9 Å². The zero-order valence-electron chi connectivity index (χ0n) is 36.6. The van der Waals surface area contributed by atoms with E-state index in [1.165, 1.54) is 48.5 Å².